The first kappa shape index (κ1) is 37.6. The van der Waals surface area contributed by atoms with Crippen LogP contribution in [0.5, 0.6) is 17.4 Å². The van der Waals surface area contributed by atoms with Crippen LogP contribution < -0.4 is 14.2 Å². The maximum atomic E-state index is 16.0. The number of carboxylic acids is 1. The van der Waals surface area contributed by atoms with Gasteiger partial charge in [-0.1, -0.05) is 41.9 Å². The number of fused-ring (bicyclic) bond motifs is 1. The zero-order chi connectivity index (χ0) is 38.3. The molecule has 1 saturated carbocycles. The van der Waals surface area contributed by atoms with Crippen LogP contribution in [0.4, 0.5) is 4.39 Å². The maximum Gasteiger partial charge on any atom is 0.306 e. The number of hydrogen-bond acceptors (Lipinski definition) is 9. The molecule has 1 aliphatic heterocycles. The molecule has 0 spiro atoms. The van der Waals surface area contributed by atoms with Crippen molar-refractivity contribution >= 4 is 28.5 Å². The third kappa shape index (κ3) is 7.23. The van der Waals surface area contributed by atoms with Gasteiger partial charge in [0.1, 0.15) is 17.3 Å². The molecule has 13 heteroatoms. The normalized spacial score (nSPS) is 18.5. The highest BCUT2D eigenvalue weighted by Gasteiger charge is 2.37. The molecule has 1 aliphatic carbocycles. The average Bonchev–Trinajstić information content (AvgIpc) is 3.59. The van der Waals surface area contributed by atoms with Crippen LogP contribution in [-0.2, 0) is 17.9 Å². The van der Waals surface area contributed by atoms with Crippen LogP contribution in [0.3, 0.4) is 0 Å². The number of carboxylic acid groups (broad SMARTS) is 1. The van der Waals surface area contributed by atoms with Crippen molar-refractivity contribution in [3.05, 3.63) is 82.8 Å². The number of hydrogen-bond donors (Lipinski definition) is 2. The van der Waals surface area contributed by atoms with Crippen LogP contribution in [0.1, 0.15) is 43.7 Å². The minimum absolute atomic E-state index is 0.164. The molecule has 0 radical (unpaired) electrons. The number of carbonyl (C=O) groups is 1. The summed E-state index contributed by atoms with van der Waals surface area (Å²) in [5, 5.41) is 25.6. The smallest absolute Gasteiger partial charge is 0.306 e. The first-order valence-corrected chi connectivity index (χ1v) is 18.4. The summed E-state index contributed by atoms with van der Waals surface area (Å²) in [6.07, 6.45) is 4.50. The topological polar surface area (TPSA) is 122 Å². The van der Waals surface area contributed by atoms with Crippen molar-refractivity contribution in [1.29, 1.82) is 0 Å². The Morgan fingerprint density at radius 1 is 0.963 bits per heavy atom. The Morgan fingerprint density at radius 3 is 2.30 bits per heavy atom. The lowest BCUT2D eigenvalue weighted by molar-refractivity contribution is -0.143. The molecule has 1 saturated heterocycles. The number of aliphatic hydroxyl groups is 1. The molecule has 2 fully saturated rings. The monoisotopic (exact) mass is 757 g/mol. The molecule has 5 aromatic rings. The van der Waals surface area contributed by atoms with Gasteiger partial charge >= 0.3 is 5.97 Å². The van der Waals surface area contributed by atoms with Gasteiger partial charge in [-0.15, -0.1) is 0 Å². The molecule has 0 bridgehead atoms. The summed E-state index contributed by atoms with van der Waals surface area (Å²) in [6.45, 7) is 3.75. The third-order valence-electron chi connectivity index (χ3n) is 10.8. The van der Waals surface area contributed by atoms with Gasteiger partial charge in [0.25, 0.3) is 0 Å². The fraction of sp³-hybridized carbons (Fsp3) is 0.390. The molecular weight excluding hydrogens is 713 g/mol. The molecule has 2 N–H and O–H groups in total. The van der Waals surface area contributed by atoms with Gasteiger partial charge in [-0.05, 0) is 69.0 Å². The predicted molar refractivity (Wildman–Crippen MR) is 205 cm³/mol. The van der Waals surface area contributed by atoms with E-state index in [4.69, 9.17) is 35.9 Å². The summed E-state index contributed by atoms with van der Waals surface area (Å²) in [6, 6.07) is 16.9. The standard InChI is InChI=1S/C41H45ClFN5O6/c1-41(51)22-47(23-41)21-32-36(53-4)18-37(45-39(32)54-5)48-34-11-7-9-28(30(34)19-44-48)29-10-6-8-27(38(29)42)25-16-33(43)31(35(17-25)52-3)20-46(2)26-14-12-24(13-15-26)40(49)50/h6-11,16-19,24,26,51H,12-15,20-23H2,1-5H3,(H,49,50). The summed E-state index contributed by atoms with van der Waals surface area (Å²) in [5.41, 5.74) is 4.13. The van der Waals surface area contributed by atoms with Gasteiger partial charge in [-0.2, -0.15) is 10.1 Å². The number of halogens is 2. The van der Waals surface area contributed by atoms with Crippen LogP contribution in [0.2, 0.25) is 5.02 Å². The van der Waals surface area contributed by atoms with E-state index in [0.717, 1.165) is 40.4 Å². The zero-order valence-corrected chi connectivity index (χ0v) is 31.9. The molecule has 0 atom stereocenters. The minimum Gasteiger partial charge on any atom is -0.496 e. The zero-order valence-electron chi connectivity index (χ0n) is 31.1. The van der Waals surface area contributed by atoms with E-state index in [1.807, 2.05) is 62.5 Å². The van der Waals surface area contributed by atoms with Gasteiger partial charge in [0.2, 0.25) is 5.88 Å². The average molecular weight is 758 g/mol. The second kappa shape index (κ2) is 15.2. The van der Waals surface area contributed by atoms with Crippen molar-refractivity contribution in [2.45, 2.75) is 57.3 Å². The number of aliphatic carboxylic acids is 1. The quantitative estimate of drug-likeness (QED) is 0.135. The molecule has 0 amide bonds. The highest BCUT2D eigenvalue weighted by molar-refractivity contribution is 6.36. The van der Waals surface area contributed by atoms with Gasteiger partial charge in [0.05, 0.1) is 55.1 Å². The Balaban J connectivity index is 1.18. The fourth-order valence-corrected chi connectivity index (χ4v) is 8.38. The van der Waals surface area contributed by atoms with E-state index in [1.165, 1.54) is 13.2 Å². The number of ether oxygens (including phenoxy) is 3. The van der Waals surface area contributed by atoms with Gasteiger partial charge in [-0.3, -0.25) is 14.6 Å². The lowest BCUT2D eigenvalue weighted by Crippen LogP contribution is -2.59. The Morgan fingerprint density at radius 2 is 1.63 bits per heavy atom. The van der Waals surface area contributed by atoms with Crippen molar-refractivity contribution in [1.82, 2.24) is 24.6 Å². The fourth-order valence-electron chi connectivity index (χ4n) is 8.05. The van der Waals surface area contributed by atoms with E-state index >= 15 is 4.39 Å². The Hall–Kier alpha value is -4.75. The molecule has 2 aromatic heterocycles. The first-order chi connectivity index (χ1) is 25.9. The van der Waals surface area contributed by atoms with Crippen molar-refractivity contribution in [3.63, 3.8) is 0 Å². The number of rotatable bonds is 12. The molecule has 2 aliphatic rings. The summed E-state index contributed by atoms with van der Waals surface area (Å²) < 4.78 is 34.9. The Labute approximate surface area is 318 Å². The maximum absolute atomic E-state index is 16.0. The lowest BCUT2D eigenvalue weighted by atomic mass is 9.85. The van der Waals surface area contributed by atoms with E-state index in [0.29, 0.717) is 83.9 Å². The summed E-state index contributed by atoms with van der Waals surface area (Å²) in [5.74, 6) is 0.481. The van der Waals surface area contributed by atoms with Crippen molar-refractivity contribution in [2.75, 3.05) is 41.5 Å². The summed E-state index contributed by atoms with van der Waals surface area (Å²) in [4.78, 5) is 20.4. The number of likely N-dealkylation sites (tertiary alicyclic amines) is 1. The van der Waals surface area contributed by atoms with Crippen molar-refractivity contribution in [3.8, 4) is 45.5 Å². The van der Waals surface area contributed by atoms with Gasteiger partial charge in [-0.25, -0.2) is 9.07 Å². The molecular formula is C41H45ClFN5O6. The largest absolute Gasteiger partial charge is 0.496 e. The molecule has 7 rings (SSSR count). The number of β-amino-alcohol motifs (C(OH)–C–C–N with tert-alkyl or cyclic N) is 1. The van der Waals surface area contributed by atoms with Gasteiger partial charge in [0.15, 0.2) is 5.82 Å². The number of methoxy groups -OCH3 is 3. The van der Waals surface area contributed by atoms with E-state index in [2.05, 4.69) is 9.80 Å². The lowest BCUT2D eigenvalue weighted by Gasteiger charge is -2.44. The first-order valence-electron chi connectivity index (χ1n) is 18.0. The van der Waals surface area contributed by atoms with Gasteiger partial charge in [0, 0.05) is 60.4 Å². The number of aromatic nitrogens is 3. The molecule has 3 heterocycles. The molecule has 54 heavy (non-hydrogen) atoms. The molecule has 11 nitrogen and oxygen atoms in total. The third-order valence-corrected chi connectivity index (χ3v) is 11.2. The Bertz CT molecular complexity index is 2170. The predicted octanol–water partition coefficient (Wildman–Crippen LogP) is 7.21. The Kier molecular flexibility index (Phi) is 10.6. The summed E-state index contributed by atoms with van der Waals surface area (Å²) in [7, 11) is 6.65. The van der Waals surface area contributed by atoms with Crippen molar-refractivity contribution < 1.29 is 33.6 Å². The van der Waals surface area contributed by atoms with Crippen LogP contribution in [-0.4, -0.2) is 93.9 Å². The van der Waals surface area contributed by atoms with Crippen LogP contribution in [0, 0.1) is 11.7 Å². The van der Waals surface area contributed by atoms with Crippen molar-refractivity contribution in [2.24, 2.45) is 5.92 Å². The van der Waals surface area contributed by atoms with Crippen LogP contribution in [0.25, 0.3) is 39.0 Å². The van der Waals surface area contributed by atoms with E-state index in [-0.39, 0.29) is 12.0 Å². The molecule has 3 aromatic carbocycles. The van der Waals surface area contributed by atoms with E-state index < -0.39 is 17.4 Å². The van der Waals surface area contributed by atoms with Gasteiger partial charge < -0.3 is 24.4 Å². The number of benzene rings is 3. The second-order valence-corrected chi connectivity index (χ2v) is 15.1. The number of nitrogens with zero attached hydrogens (tertiary/aromatic N) is 5. The van der Waals surface area contributed by atoms with Crippen LogP contribution >= 0.6 is 11.6 Å². The SMILES string of the molecule is COc1cc(-c2cccc(-c3cccc4c3cnn4-c3cc(OC)c(CN4CC(C)(O)C4)c(OC)n3)c2Cl)cc(F)c1CN(C)C1CCC(C(=O)O)CC1. The minimum atomic E-state index is -0.745. The number of pyridine rings is 1. The highest BCUT2D eigenvalue weighted by atomic mass is 35.5. The molecule has 0 unspecified atom stereocenters. The highest BCUT2D eigenvalue weighted by Crippen LogP contribution is 2.42. The molecule has 284 valence electrons. The van der Waals surface area contributed by atoms with E-state index in [9.17, 15) is 15.0 Å². The second-order valence-electron chi connectivity index (χ2n) is 14.7. The summed E-state index contributed by atoms with van der Waals surface area (Å²) >= 11 is 7.18. The van der Waals surface area contributed by atoms with E-state index in [1.54, 1.807) is 25.1 Å². The van der Waals surface area contributed by atoms with Crippen LogP contribution in [0.15, 0.2) is 60.8 Å².